The average Bonchev–Trinajstić information content (AvgIpc) is 2.37. The van der Waals surface area contributed by atoms with Gasteiger partial charge in [0, 0.05) is 10.6 Å². The van der Waals surface area contributed by atoms with Gasteiger partial charge in [-0.15, -0.1) is 0 Å². The van der Waals surface area contributed by atoms with Gasteiger partial charge < -0.3 is 9.84 Å². The zero-order chi connectivity index (χ0) is 14.7. The van der Waals surface area contributed by atoms with Crippen LogP contribution in [0.2, 0.25) is 15.1 Å². The molecule has 3 nitrogen and oxygen atoms in total. The van der Waals surface area contributed by atoms with E-state index in [9.17, 15) is 4.79 Å². The molecule has 0 fully saturated rings. The summed E-state index contributed by atoms with van der Waals surface area (Å²) >= 11 is 17.8. The van der Waals surface area contributed by atoms with Crippen LogP contribution in [0.1, 0.15) is 15.9 Å². The molecule has 0 spiro atoms. The second-order valence-corrected chi connectivity index (χ2v) is 5.20. The topological polar surface area (TPSA) is 46.5 Å². The van der Waals surface area contributed by atoms with E-state index in [-0.39, 0.29) is 28.0 Å². The molecular formula is C14H9Cl3O3. The van der Waals surface area contributed by atoms with Crippen molar-refractivity contribution >= 4 is 40.8 Å². The van der Waals surface area contributed by atoms with Crippen LogP contribution in [0.15, 0.2) is 36.4 Å². The van der Waals surface area contributed by atoms with Crippen LogP contribution < -0.4 is 4.74 Å². The first-order chi connectivity index (χ1) is 9.49. The van der Waals surface area contributed by atoms with Gasteiger partial charge in [0.15, 0.2) is 5.75 Å². The first-order valence-electron chi connectivity index (χ1n) is 5.57. The molecule has 0 bridgehead atoms. The largest absolute Gasteiger partial charge is 0.486 e. The van der Waals surface area contributed by atoms with Crippen molar-refractivity contribution in [3.63, 3.8) is 0 Å². The number of carboxylic acids is 1. The number of rotatable bonds is 4. The molecule has 104 valence electrons. The van der Waals surface area contributed by atoms with Crippen LogP contribution in [0.5, 0.6) is 5.75 Å². The van der Waals surface area contributed by atoms with Crippen molar-refractivity contribution < 1.29 is 14.6 Å². The van der Waals surface area contributed by atoms with Crippen molar-refractivity contribution in [3.8, 4) is 5.75 Å². The number of hydrogen-bond acceptors (Lipinski definition) is 2. The zero-order valence-corrected chi connectivity index (χ0v) is 12.3. The van der Waals surface area contributed by atoms with Gasteiger partial charge in [-0.2, -0.15) is 0 Å². The molecule has 6 heteroatoms. The standard InChI is InChI=1S/C14H9Cl3O3/c15-9-5-11(16)13(12(17)6-9)20-7-8-3-1-2-4-10(8)14(18)19/h1-6H,7H2,(H,18,19). The first-order valence-corrected chi connectivity index (χ1v) is 6.71. The van der Waals surface area contributed by atoms with Crippen molar-refractivity contribution in [1.82, 2.24) is 0 Å². The number of ether oxygens (including phenoxy) is 1. The second-order valence-electron chi connectivity index (χ2n) is 3.95. The predicted molar refractivity (Wildman–Crippen MR) is 79.2 cm³/mol. The molecule has 0 aromatic heterocycles. The SMILES string of the molecule is O=C(O)c1ccccc1COc1c(Cl)cc(Cl)cc1Cl. The first kappa shape index (κ1) is 15.0. The number of carboxylic acid groups (broad SMARTS) is 1. The number of halogens is 3. The Bertz CT molecular complexity index is 633. The van der Waals surface area contributed by atoms with E-state index >= 15 is 0 Å². The lowest BCUT2D eigenvalue weighted by atomic mass is 10.1. The molecule has 0 heterocycles. The molecule has 0 saturated heterocycles. The summed E-state index contributed by atoms with van der Waals surface area (Å²) in [6.45, 7) is 0.0452. The van der Waals surface area contributed by atoms with Gasteiger partial charge in [0.2, 0.25) is 0 Å². The van der Waals surface area contributed by atoms with Crippen LogP contribution in [0.4, 0.5) is 0 Å². The maximum atomic E-state index is 11.1. The Labute approximate surface area is 130 Å². The fraction of sp³-hybridized carbons (Fsp3) is 0.0714. The average molecular weight is 332 g/mol. The molecule has 2 rings (SSSR count). The summed E-state index contributed by atoms with van der Waals surface area (Å²) in [4.78, 5) is 11.1. The summed E-state index contributed by atoms with van der Waals surface area (Å²) in [6.07, 6.45) is 0. The third-order valence-corrected chi connectivity index (χ3v) is 3.36. The molecule has 0 unspecified atom stereocenters. The maximum Gasteiger partial charge on any atom is 0.336 e. The predicted octanol–water partition coefficient (Wildman–Crippen LogP) is 4.92. The summed E-state index contributed by atoms with van der Waals surface area (Å²) in [5.41, 5.74) is 0.704. The van der Waals surface area contributed by atoms with Crippen LogP contribution >= 0.6 is 34.8 Å². The highest BCUT2D eigenvalue weighted by Gasteiger charge is 2.13. The van der Waals surface area contributed by atoms with Gasteiger partial charge in [0.1, 0.15) is 6.61 Å². The van der Waals surface area contributed by atoms with Crippen molar-refractivity contribution in [2.45, 2.75) is 6.61 Å². The lowest BCUT2D eigenvalue weighted by Crippen LogP contribution is -2.05. The molecule has 0 aliphatic heterocycles. The quantitative estimate of drug-likeness (QED) is 0.864. The van der Waals surface area contributed by atoms with E-state index in [1.807, 2.05) is 0 Å². The van der Waals surface area contributed by atoms with Gasteiger partial charge in [-0.3, -0.25) is 0 Å². The van der Waals surface area contributed by atoms with E-state index in [0.29, 0.717) is 10.6 Å². The summed E-state index contributed by atoms with van der Waals surface area (Å²) in [7, 11) is 0. The summed E-state index contributed by atoms with van der Waals surface area (Å²) in [5, 5.41) is 10.0. The Morgan fingerprint density at radius 3 is 2.30 bits per heavy atom. The van der Waals surface area contributed by atoms with E-state index in [1.54, 1.807) is 18.2 Å². The molecule has 0 radical (unpaired) electrons. The van der Waals surface area contributed by atoms with Crippen molar-refractivity contribution in [2.24, 2.45) is 0 Å². The lowest BCUT2D eigenvalue weighted by Gasteiger charge is -2.11. The van der Waals surface area contributed by atoms with Gasteiger partial charge in [-0.05, 0) is 18.2 Å². The van der Waals surface area contributed by atoms with Gasteiger partial charge >= 0.3 is 5.97 Å². The molecule has 0 aliphatic rings. The molecule has 2 aromatic rings. The minimum atomic E-state index is -1.02. The van der Waals surface area contributed by atoms with Crippen LogP contribution in [0, 0.1) is 0 Å². The fourth-order valence-corrected chi connectivity index (χ4v) is 2.60. The minimum Gasteiger partial charge on any atom is -0.486 e. The highest BCUT2D eigenvalue weighted by Crippen LogP contribution is 2.36. The van der Waals surface area contributed by atoms with E-state index in [1.165, 1.54) is 18.2 Å². The van der Waals surface area contributed by atoms with Crippen LogP contribution in [-0.2, 0) is 6.61 Å². The molecule has 0 amide bonds. The maximum absolute atomic E-state index is 11.1. The monoisotopic (exact) mass is 330 g/mol. The number of aromatic carboxylic acids is 1. The fourth-order valence-electron chi connectivity index (χ4n) is 1.67. The van der Waals surface area contributed by atoms with E-state index in [4.69, 9.17) is 44.6 Å². The molecule has 0 aliphatic carbocycles. The Morgan fingerprint density at radius 2 is 1.70 bits per heavy atom. The van der Waals surface area contributed by atoms with Crippen LogP contribution in [-0.4, -0.2) is 11.1 Å². The summed E-state index contributed by atoms with van der Waals surface area (Å²) < 4.78 is 5.51. The molecule has 20 heavy (non-hydrogen) atoms. The van der Waals surface area contributed by atoms with Gasteiger partial charge in [-0.25, -0.2) is 4.79 Å². The molecular weight excluding hydrogens is 323 g/mol. The van der Waals surface area contributed by atoms with Crippen LogP contribution in [0.25, 0.3) is 0 Å². The Balaban J connectivity index is 2.24. The zero-order valence-electron chi connectivity index (χ0n) is 10.1. The van der Waals surface area contributed by atoms with E-state index < -0.39 is 5.97 Å². The lowest BCUT2D eigenvalue weighted by molar-refractivity contribution is 0.0694. The van der Waals surface area contributed by atoms with Crippen molar-refractivity contribution in [1.29, 1.82) is 0 Å². The molecule has 1 N–H and O–H groups in total. The van der Waals surface area contributed by atoms with Crippen LogP contribution in [0.3, 0.4) is 0 Å². The smallest absolute Gasteiger partial charge is 0.336 e. The minimum absolute atomic E-state index is 0.0452. The molecule has 0 atom stereocenters. The highest BCUT2D eigenvalue weighted by molar-refractivity contribution is 6.40. The summed E-state index contributed by atoms with van der Waals surface area (Å²) in [5.74, 6) is -0.740. The second kappa shape index (κ2) is 6.35. The highest BCUT2D eigenvalue weighted by atomic mass is 35.5. The van der Waals surface area contributed by atoms with Crippen molar-refractivity contribution in [3.05, 3.63) is 62.6 Å². The number of carbonyl (C=O) groups is 1. The number of benzene rings is 2. The van der Waals surface area contributed by atoms with Crippen molar-refractivity contribution in [2.75, 3.05) is 0 Å². The van der Waals surface area contributed by atoms with E-state index in [0.717, 1.165) is 0 Å². The Kier molecular flexibility index (Phi) is 4.76. The third-order valence-electron chi connectivity index (χ3n) is 2.58. The number of hydrogen-bond donors (Lipinski definition) is 1. The molecule has 0 saturated carbocycles. The Morgan fingerprint density at radius 1 is 1.10 bits per heavy atom. The summed E-state index contributed by atoms with van der Waals surface area (Å²) in [6, 6.07) is 9.57. The normalized spacial score (nSPS) is 10.3. The van der Waals surface area contributed by atoms with Gasteiger partial charge in [-0.1, -0.05) is 53.0 Å². The van der Waals surface area contributed by atoms with Gasteiger partial charge in [0.05, 0.1) is 15.6 Å². The third kappa shape index (κ3) is 3.37. The van der Waals surface area contributed by atoms with Gasteiger partial charge in [0.25, 0.3) is 0 Å². The molecule has 2 aromatic carbocycles. The Hall–Kier alpha value is -1.42. The van der Waals surface area contributed by atoms with E-state index in [2.05, 4.69) is 0 Å².